The van der Waals surface area contributed by atoms with Crippen molar-refractivity contribution in [3.8, 4) is 0 Å². The summed E-state index contributed by atoms with van der Waals surface area (Å²) in [4.78, 5) is 4.05. The van der Waals surface area contributed by atoms with Gasteiger partial charge in [-0.1, -0.05) is 34.6 Å². The molecule has 0 aliphatic rings. The Morgan fingerprint density at radius 3 is 2.27 bits per heavy atom. The fourth-order valence-corrected chi connectivity index (χ4v) is 1.50. The summed E-state index contributed by atoms with van der Waals surface area (Å²) in [5, 5.41) is 0. The molecule has 2 heteroatoms. The lowest BCUT2D eigenvalue weighted by Gasteiger charge is -2.39. The number of hydrogen-bond donors (Lipinski definition) is 0. The van der Waals surface area contributed by atoms with E-state index in [4.69, 9.17) is 0 Å². The van der Waals surface area contributed by atoms with Crippen molar-refractivity contribution >= 4 is 0 Å². The molecule has 0 amide bonds. The van der Waals surface area contributed by atoms with Gasteiger partial charge >= 0.3 is 0 Å². The lowest BCUT2D eigenvalue weighted by molar-refractivity contribution is 0.115. The summed E-state index contributed by atoms with van der Waals surface area (Å²) >= 11 is 0. The highest BCUT2D eigenvalue weighted by atomic mass is 15.0. The minimum atomic E-state index is 0.377. The lowest BCUT2D eigenvalue weighted by Crippen LogP contribution is -2.29. The number of aromatic nitrogens is 2. The zero-order valence-electron chi connectivity index (χ0n) is 10.7. The molecule has 1 aromatic rings. The van der Waals surface area contributed by atoms with Crippen molar-refractivity contribution < 1.29 is 0 Å². The molecule has 2 nitrogen and oxygen atoms in total. The molecule has 0 bridgehead atoms. The van der Waals surface area contributed by atoms with Crippen molar-refractivity contribution in [2.75, 3.05) is 0 Å². The van der Waals surface area contributed by atoms with Crippen LogP contribution in [-0.4, -0.2) is 9.55 Å². The average Bonchev–Trinajstić information content (AvgIpc) is 2.54. The van der Waals surface area contributed by atoms with E-state index in [1.807, 2.05) is 18.7 Å². The van der Waals surface area contributed by atoms with Crippen LogP contribution in [0.25, 0.3) is 0 Å². The Morgan fingerprint density at radius 1 is 1.13 bits per heavy atom. The van der Waals surface area contributed by atoms with Gasteiger partial charge < -0.3 is 4.57 Å². The Labute approximate surface area is 93.7 Å². The van der Waals surface area contributed by atoms with E-state index in [-0.39, 0.29) is 0 Å². The molecule has 1 heterocycles. The third-order valence-electron chi connectivity index (χ3n) is 3.81. The smallest absolute Gasteiger partial charge is 0.0945 e. The van der Waals surface area contributed by atoms with Gasteiger partial charge in [0.1, 0.15) is 0 Å². The molecule has 0 fully saturated rings. The zero-order valence-corrected chi connectivity index (χ0v) is 10.7. The van der Waals surface area contributed by atoms with Gasteiger partial charge in [-0.25, -0.2) is 4.98 Å². The van der Waals surface area contributed by atoms with E-state index in [9.17, 15) is 0 Å². The maximum atomic E-state index is 4.05. The van der Waals surface area contributed by atoms with Crippen LogP contribution < -0.4 is 0 Å². The molecule has 0 N–H and O–H groups in total. The molecule has 0 saturated heterocycles. The van der Waals surface area contributed by atoms with Gasteiger partial charge in [-0.2, -0.15) is 0 Å². The number of rotatable bonds is 4. The molecule has 0 saturated carbocycles. The van der Waals surface area contributed by atoms with Crippen molar-refractivity contribution in [1.82, 2.24) is 9.55 Å². The molecule has 0 aliphatic heterocycles. The molecule has 15 heavy (non-hydrogen) atoms. The van der Waals surface area contributed by atoms with E-state index in [2.05, 4.69) is 44.2 Å². The van der Waals surface area contributed by atoms with Crippen LogP contribution in [-0.2, 0) is 6.54 Å². The van der Waals surface area contributed by atoms with Crippen LogP contribution in [0.5, 0.6) is 0 Å². The monoisotopic (exact) mass is 208 g/mol. The van der Waals surface area contributed by atoms with Crippen LogP contribution >= 0.6 is 0 Å². The van der Waals surface area contributed by atoms with Crippen LogP contribution in [0.15, 0.2) is 18.7 Å². The standard InChI is InChI=1S/C13H24N2/c1-12(2,3)13(4,5)7-6-9-15-10-8-14-11-15/h8,10-11H,6-7,9H2,1-5H3. The third kappa shape index (κ3) is 3.37. The Hall–Kier alpha value is -0.790. The zero-order chi connectivity index (χ0) is 11.5. The van der Waals surface area contributed by atoms with Gasteiger partial charge in [-0.3, -0.25) is 0 Å². The Kier molecular flexibility index (Phi) is 3.58. The number of hydrogen-bond acceptors (Lipinski definition) is 1. The molecule has 0 spiro atoms. The molecule has 0 unspecified atom stereocenters. The second-order valence-electron chi connectivity index (χ2n) is 6.04. The number of imidazole rings is 1. The molecule has 1 aromatic heterocycles. The summed E-state index contributed by atoms with van der Waals surface area (Å²) in [6.07, 6.45) is 8.25. The van der Waals surface area contributed by atoms with Crippen LogP contribution in [0.1, 0.15) is 47.5 Å². The quantitative estimate of drug-likeness (QED) is 0.737. The largest absolute Gasteiger partial charge is 0.337 e. The van der Waals surface area contributed by atoms with Crippen molar-refractivity contribution in [1.29, 1.82) is 0 Å². The summed E-state index contributed by atoms with van der Waals surface area (Å²) in [7, 11) is 0. The van der Waals surface area contributed by atoms with Crippen LogP contribution in [0, 0.1) is 10.8 Å². The highest BCUT2D eigenvalue weighted by molar-refractivity contribution is 4.82. The highest BCUT2D eigenvalue weighted by Crippen LogP contribution is 2.41. The molecular formula is C13H24N2. The SMILES string of the molecule is CC(C)(C)C(C)(C)CCCn1ccnc1. The van der Waals surface area contributed by atoms with Gasteiger partial charge in [-0.15, -0.1) is 0 Å². The van der Waals surface area contributed by atoms with Gasteiger partial charge in [0.2, 0.25) is 0 Å². The molecular weight excluding hydrogens is 184 g/mol. The number of aryl methyl sites for hydroxylation is 1. The second kappa shape index (κ2) is 4.38. The first-order valence-corrected chi connectivity index (χ1v) is 5.79. The van der Waals surface area contributed by atoms with Gasteiger partial charge in [0.05, 0.1) is 6.33 Å². The first-order chi connectivity index (χ1) is 6.83. The Morgan fingerprint density at radius 2 is 1.80 bits per heavy atom. The summed E-state index contributed by atoms with van der Waals surface area (Å²) in [6, 6.07) is 0. The molecule has 0 aliphatic carbocycles. The Balaban J connectivity index is 2.37. The maximum Gasteiger partial charge on any atom is 0.0945 e. The summed E-state index contributed by atoms with van der Waals surface area (Å²) in [5.41, 5.74) is 0.773. The van der Waals surface area contributed by atoms with E-state index in [0.717, 1.165) is 6.54 Å². The molecule has 0 radical (unpaired) electrons. The van der Waals surface area contributed by atoms with E-state index in [1.165, 1.54) is 12.8 Å². The van der Waals surface area contributed by atoms with Gasteiger partial charge in [0.25, 0.3) is 0 Å². The number of nitrogens with zero attached hydrogens (tertiary/aromatic N) is 2. The normalized spacial score (nSPS) is 13.1. The van der Waals surface area contributed by atoms with Crippen LogP contribution in [0.3, 0.4) is 0 Å². The van der Waals surface area contributed by atoms with Crippen molar-refractivity contribution in [2.24, 2.45) is 10.8 Å². The molecule has 0 atom stereocenters. The summed E-state index contributed by atoms with van der Waals surface area (Å²) < 4.78 is 2.15. The summed E-state index contributed by atoms with van der Waals surface area (Å²) in [5.74, 6) is 0. The molecule has 1 rings (SSSR count). The topological polar surface area (TPSA) is 17.8 Å². The van der Waals surface area contributed by atoms with Gasteiger partial charge in [0, 0.05) is 18.9 Å². The fourth-order valence-electron chi connectivity index (χ4n) is 1.50. The average molecular weight is 208 g/mol. The van der Waals surface area contributed by atoms with Crippen LogP contribution in [0.2, 0.25) is 0 Å². The first-order valence-electron chi connectivity index (χ1n) is 5.79. The van der Waals surface area contributed by atoms with Crippen molar-refractivity contribution in [3.63, 3.8) is 0 Å². The van der Waals surface area contributed by atoms with E-state index in [0.29, 0.717) is 10.8 Å². The lowest BCUT2D eigenvalue weighted by atomic mass is 9.67. The van der Waals surface area contributed by atoms with Gasteiger partial charge in [0.15, 0.2) is 0 Å². The second-order valence-corrected chi connectivity index (χ2v) is 6.04. The third-order valence-corrected chi connectivity index (χ3v) is 3.81. The van der Waals surface area contributed by atoms with E-state index < -0.39 is 0 Å². The minimum Gasteiger partial charge on any atom is -0.337 e. The molecule has 86 valence electrons. The summed E-state index contributed by atoms with van der Waals surface area (Å²) in [6.45, 7) is 12.8. The highest BCUT2D eigenvalue weighted by Gasteiger charge is 2.31. The van der Waals surface area contributed by atoms with E-state index >= 15 is 0 Å². The van der Waals surface area contributed by atoms with E-state index in [1.54, 1.807) is 0 Å². The predicted molar refractivity (Wildman–Crippen MR) is 64.7 cm³/mol. The molecule has 0 aromatic carbocycles. The first kappa shape index (κ1) is 12.3. The van der Waals surface area contributed by atoms with Gasteiger partial charge in [-0.05, 0) is 23.7 Å². The maximum absolute atomic E-state index is 4.05. The van der Waals surface area contributed by atoms with Crippen molar-refractivity contribution in [2.45, 2.75) is 54.0 Å². The fraction of sp³-hybridized carbons (Fsp3) is 0.769. The van der Waals surface area contributed by atoms with Crippen LogP contribution in [0.4, 0.5) is 0 Å². The minimum absolute atomic E-state index is 0.377. The predicted octanol–water partition coefficient (Wildman–Crippen LogP) is 3.74. The Bertz CT molecular complexity index is 278. The van der Waals surface area contributed by atoms with Crippen molar-refractivity contribution in [3.05, 3.63) is 18.7 Å².